The Kier molecular flexibility index (Phi) is 11.0. The van der Waals surface area contributed by atoms with Gasteiger partial charge in [-0.3, -0.25) is 9.89 Å². The van der Waals surface area contributed by atoms with Gasteiger partial charge >= 0.3 is 0 Å². The fourth-order valence-electron chi connectivity index (χ4n) is 4.82. The van der Waals surface area contributed by atoms with Crippen molar-refractivity contribution in [3.63, 3.8) is 0 Å². The third kappa shape index (κ3) is 8.58. The minimum absolute atomic E-state index is 0. The molecule has 4 rings (SSSR count). The number of aliphatic imine (C=N–C) groups is 1. The predicted octanol–water partition coefficient (Wildman–Crippen LogP) is 4.13. The molecule has 0 saturated carbocycles. The van der Waals surface area contributed by atoms with Crippen LogP contribution in [0.15, 0.2) is 59.6 Å². The third-order valence-corrected chi connectivity index (χ3v) is 6.80. The van der Waals surface area contributed by atoms with E-state index in [2.05, 4.69) is 80.0 Å². The van der Waals surface area contributed by atoms with Crippen molar-refractivity contribution in [2.24, 2.45) is 10.9 Å². The summed E-state index contributed by atoms with van der Waals surface area (Å²) >= 11 is 0. The molecule has 33 heavy (non-hydrogen) atoms. The predicted molar refractivity (Wildman–Crippen MR) is 149 cm³/mol. The molecular weight excluding hydrogens is 521 g/mol. The van der Waals surface area contributed by atoms with E-state index < -0.39 is 0 Å². The molecule has 0 spiro atoms. The first kappa shape index (κ1) is 26.0. The molecular formula is C27H40IN5. The average molecular weight is 562 g/mol. The average Bonchev–Trinajstić information content (AvgIpc) is 3.52. The van der Waals surface area contributed by atoms with Crippen molar-refractivity contribution in [1.82, 2.24) is 20.4 Å². The van der Waals surface area contributed by atoms with Gasteiger partial charge in [0.2, 0.25) is 0 Å². The molecule has 6 heteroatoms. The molecule has 1 unspecified atom stereocenters. The van der Waals surface area contributed by atoms with E-state index in [1.165, 1.54) is 62.1 Å². The summed E-state index contributed by atoms with van der Waals surface area (Å²) in [5, 5.41) is 7.02. The van der Waals surface area contributed by atoms with Crippen LogP contribution in [0.3, 0.4) is 0 Å². The molecule has 2 aromatic carbocycles. The molecule has 0 bridgehead atoms. The lowest BCUT2D eigenvalue weighted by molar-refractivity contribution is 0.328. The first-order valence-electron chi connectivity index (χ1n) is 12.3. The normalized spacial score (nSPS) is 19.4. The Hall–Kier alpha value is -1.64. The number of benzene rings is 2. The van der Waals surface area contributed by atoms with Crippen LogP contribution in [0.25, 0.3) is 0 Å². The first-order valence-corrected chi connectivity index (χ1v) is 12.3. The lowest BCUT2D eigenvalue weighted by Crippen LogP contribution is -2.40. The highest BCUT2D eigenvalue weighted by Gasteiger charge is 2.22. The van der Waals surface area contributed by atoms with Crippen LogP contribution in [0.1, 0.15) is 36.0 Å². The number of nitrogens with zero attached hydrogens (tertiary/aromatic N) is 3. The molecule has 180 valence electrons. The summed E-state index contributed by atoms with van der Waals surface area (Å²) in [6.45, 7) is 8.90. The fourth-order valence-corrected chi connectivity index (χ4v) is 4.82. The van der Waals surface area contributed by atoms with Crippen LogP contribution in [0.2, 0.25) is 0 Å². The summed E-state index contributed by atoms with van der Waals surface area (Å²) in [5.74, 6) is 1.59. The topological polar surface area (TPSA) is 42.9 Å². The number of guanidine groups is 1. The summed E-state index contributed by atoms with van der Waals surface area (Å²) in [5.41, 5.74) is 4.14. The molecule has 2 aromatic rings. The molecule has 0 amide bonds. The van der Waals surface area contributed by atoms with E-state index >= 15 is 0 Å². The maximum atomic E-state index is 4.42. The van der Waals surface area contributed by atoms with Crippen LogP contribution in [-0.4, -0.2) is 62.1 Å². The van der Waals surface area contributed by atoms with Crippen molar-refractivity contribution in [3.05, 3.63) is 71.3 Å². The highest BCUT2D eigenvalue weighted by atomic mass is 127. The van der Waals surface area contributed by atoms with E-state index in [-0.39, 0.29) is 24.0 Å². The zero-order valence-electron chi connectivity index (χ0n) is 20.0. The molecule has 2 fully saturated rings. The smallest absolute Gasteiger partial charge is 0.191 e. The van der Waals surface area contributed by atoms with E-state index in [4.69, 9.17) is 0 Å². The molecule has 5 nitrogen and oxygen atoms in total. The quantitative estimate of drug-likeness (QED) is 0.275. The van der Waals surface area contributed by atoms with Crippen molar-refractivity contribution >= 4 is 29.9 Å². The molecule has 2 aliphatic rings. The Morgan fingerprint density at radius 3 is 2.33 bits per heavy atom. The molecule has 0 aromatic heterocycles. The minimum Gasteiger partial charge on any atom is -0.356 e. The Labute approximate surface area is 217 Å². The van der Waals surface area contributed by atoms with Crippen molar-refractivity contribution < 1.29 is 0 Å². The highest BCUT2D eigenvalue weighted by molar-refractivity contribution is 14.0. The van der Waals surface area contributed by atoms with Gasteiger partial charge in [0.1, 0.15) is 0 Å². The standard InChI is InChI=1S/C27H39N5.HI/c1-28-27(29-19-24-9-11-25(12-10-24)21-31-15-5-6-16-31)30-20-26-14-18-32(22-26)17-13-23-7-3-2-4-8-23;/h2-4,7-12,26H,5-6,13-22H2,1H3,(H2,28,29,30);1H. The first-order chi connectivity index (χ1) is 15.8. The lowest BCUT2D eigenvalue weighted by atomic mass is 10.1. The van der Waals surface area contributed by atoms with Gasteiger partial charge in [0.25, 0.3) is 0 Å². The third-order valence-electron chi connectivity index (χ3n) is 6.80. The van der Waals surface area contributed by atoms with E-state index in [1.54, 1.807) is 0 Å². The zero-order valence-corrected chi connectivity index (χ0v) is 22.3. The summed E-state index contributed by atoms with van der Waals surface area (Å²) in [4.78, 5) is 9.56. The second-order valence-electron chi connectivity index (χ2n) is 9.30. The van der Waals surface area contributed by atoms with Crippen molar-refractivity contribution in [2.75, 3.05) is 46.3 Å². The van der Waals surface area contributed by atoms with Crippen molar-refractivity contribution in [2.45, 2.75) is 38.8 Å². The summed E-state index contributed by atoms with van der Waals surface area (Å²) < 4.78 is 0. The largest absolute Gasteiger partial charge is 0.356 e. The van der Waals surface area contributed by atoms with Crippen molar-refractivity contribution in [1.29, 1.82) is 0 Å². The van der Waals surface area contributed by atoms with Gasteiger partial charge in [0.05, 0.1) is 0 Å². The highest BCUT2D eigenvalue weighted by Crippen LogP contribution is 2.16. The van der Waals surface area contributed by atoms with Gasteiger partial charge < -0.3 is 15.5 Å². The zero-order chi connectivity index (χ0) is 22.0. The Morgan fingerprint density at radius 2 is 1.61 bits per heavy atom. The molecule has 1 atom stereocenters. The molecule has 2 heterocycles. The maximum Gasteiger partial charge on any atom is 0.191 e. The SMILES string of the molecule is CN=C(NCc1ccc(CN2CCCC2)cc1)NCC1CCN(CCc2ccccc2)C1.I. The van der Waals surface area contributed by atoms with Gasteiger partial charge in [-0.05, 0) is 67.9 Å². The van der Waals surface area contributed by atoms with Gasteiger partial charge in [0.15, 0.2) is 5.96 Å². The van der Waals surface area contributed by atoms with Crippen LogP contribution in [0.5, 0.6) is 0 Å². The monoisotopic (exact) mass is 561 g/mol. The van der Waals surface area contributed by atoms with Gasteiger partial charge in [-0.15, -0.1) is 24.0 Å². The minimum atomic E-state index is 0. The van der Waals surface area contributed by atoms with Crippen LogP contribution < -0.4 is 10.6 Å². The summed E-state index contributed by atoms with van der Waals surface area (Å²) in [6.07, 6.45) is 5.10. The van der Waals surface area contributed by atoms with E-state index in [0.29, 0.717) is 5.92 Å². The molecule has 2 aliphatic heterocycles. The number of nitrogens with one attached hydrogen (secondary N) is 2. The fraction of sp³-hybridized carbons (Fsp3) is 0.519. The molecule has 2 saturated heterocycles. The van der Waals surface area contributed by atoms with Gasteiger partial charge in [0, 0.05) is 39.8 Å². The van der Waals surface area contributed by atoms with E-state index in [1.807, 2.05) is 7.05 Å². The number of halogens is 1. The number of hydrogen-bond donors (Lipinski definition) is 2. The van der Waals surface area contributed by atoms with Gasteiger partial charge in [-0.1, -0.05) is 54.6 Å². The maximum absolute atomic E-state index is 4.42. The molecule has 2 N–H and O–H groups in total. The van der Waals surface area contributed by atoms with Crippen LogP contribution in [0, 0.1) is 5.92 Å². The lowest BCUT2D eigenvalue weighted by Gasteiger charge is -2.18. The Bertz CT molecular complexity index is 833. The van der Waals surface area contributed by atoms with Crippen LogP contribution in [-0.2, 0) is 19.5 Å². The van der Waals surface area contributed by atoms with Gasteiger partial charge in [-0.25, -0.2) is 0 Å². The number of likely N-dealkylation sites (tertiary alicyclic amines) is 2. The van der Waals surface area contributed by atoms with E-state index in [0.717, 1.165) is 38.6 Å². The Morgan fingerprint density at radius 1 is 0.879 bits per heavy atom. The Balaban J connectivity index is 0.00000306. The summed E-state index contributed by atoms with van der Waals surface area (Å²) in [6, 6.07) is 19.8. The van der Waals surface area contributed by atoms with E-state index in [9.17, 15) is 0 Å². The molecule has 0 radical (unpaired) electrons. The number of hydrogen-bond acceptors (Lipinski definition) is 3. The van der Waals surface area contributed by atoms with Crippen molar-refractivity contribution in [3.8, 4) is 0 Å². The number of rotatable bonds is 9. The van der Waals surface area contributed by atoms with Gasteiger partial charge in [-0.2, -0.15) is 0 Å². The van der Waals surface area contributed by atoms with Crippen LogP contribution in [0.4, 0.5) is 0 Å². The second-order valence-corrected chi connectivity index (χ2v) is 9.30. The molecule has 0 aliphatic carbocycles. The second kappa shape index (κ2) is 13.9. The summed E-state index contributed by atoms with van der Waals surface area (Å²) in [7, 11) is 1.86. The van der Waals surface area contributed by atoms with Crippen LogP contribution >= 0.6 is 24.0 Å².